The molecule has 0 spiro atoms. The van der Waals surface area contributed by atoms with E-state index >= 15 is 0 Å². The third-order valence-electron chi connectivity index (χ3n) is 3.74. The van der Waals surface area contributed by atoms with E-state index in [1.165, 1.54) is 15.9 Å². The summed E-state index contributed by atoms with van der Waals surface area (Å²) in [6.07, 6.45) is 0. The monoisotopic (exact) mass is 330 g/mol. The van der Waals surface area contributed by atoms with E-state index in [2.05, 4.69) is 15.1 Å². The van der Waals surface area contributed by atoms with E-state index in [4.69, 9.17) is 11.6 Å². The molecule has 0 aliphatic rings. The van der Waals surface area contributed by atoms with E-state index in [9.17, 15) is 4.79 Å². The lowest BCUT2D eigenvalue weighted by molar-refractivity contribution is 0.919. The molecular formula is C15H11ClN4OS. The molecule has 0 radical (unpaired) electrons. The van der Waals surface area contributed by atoms with Crippen molar-refractivity contribution in [2.45, 2.75) is 13.8 Å². The van der Waals surface area contributed by atoms with E-state index in [0.717, 1.165) is 20.8 Å². The van der Waals surface area contributed by atoms with Crippen LogP contribution >= 0.6 is 22.9 Å². The number of aromatic nitrogens is 4. The Morgan fingerprint density at radius 3 is 2.77 bits per heavy atom. The molecule has 1 aromatic carbocycles. The molecule has 3 aromatic heterocycles. The summed E-state index contributed by atoms with van der Waals surface area (Å²) in [7, 11) is 0. The first-order valence-electron chi connectivity index (χ1n) is 6.69. The molecule has 4 aromatic rings. The summed E-state index contributed by atoms with van der Waals surface area (Å²) in [5.74, 6) is 0.885. The Labute approximate surface area is 134 Å². The van der Waals surface area contributed by atoms with E-state index in [1.54, 1.807) is 6.07 Å². The first kappa shape index (κ1) is 13.5. The normalized spacial score (nSPS) is 11.6. The minimum Gasteiger partial charge on any atom is -0.271 e. The van der Waals surface area contributed by atoms with Gasteiger partial charge in [0, 0.05) is 10.4 Å². The Hall–Kier alpha value is -2.18. The van der Waals surface area contributed by atoms with Gasteiger partial charge in [-0.25, -0.2) is 0 Å². The molecule has 0 fully saturated rings. The second kappa shape index (κ2) is 4.66. The number of aromatic amines is 1. The number of nitrogens with zero attached hydrogens (tertiary/aromatic N) is 3. The molecule has 1 N–H and O–H groups in total. The zero-order chi connectivity index (χ0) is 15.4. The summed E-state index contributed by atoms with van der Waals surface area (Å²) >= 11 is 7.70. The fourth-order valence-electron chi connectivity index (χ4n) is 2.46. The maximum absolute atomic E-state index is 12.7. The number of rotatable bonds is 1. The first-order valence-corrected chi connectivity index (χ1v) is 7.89. The van der Waals surface area contributed by atoms with Crippen LogP contribution in [0.25, 0.3) is 27.4 Å². The van der Waals surface area contributed by atoms with Crippen molar-refractivity contribution in [2.75, 3.05) is 0 Å². The predicted molar refractivity (Wildman–Crippen MR) is 88.9 cm³/mol. The van der Waals surface area contributed by atoms with Crippen LogP contribution in [0.4, 0.5) is 0 Å². The summed E-state index contributed by atoms with van der Waals surface area (Å²) in [5, 5.41) is 4.22. The average Bonchev–Trinajstić information content (AvgIpc) is 3.02. The minimum atomic E-state index is -0.132. The molecule has 0 amide bonds. The number of aryl methyl sites for hydroxylation is 2. The Kier molecular flexibility index (Phi) is 2.85. The van der Waals surface area contributed by atoms with E-state index in [1.807, 2.05) is 32.0 Å². The van der Waals surface area contributed by atoms with Gasteiger partial charge >= 0.3 is 0 Å². The van der Waals surface area contributed by atoms with Crippen LogP contribution in [0.1, 0.15) is 10.4 Å². The number of H-pyrrole nitrogens is 1. The van der Waals surface area contributed by atoms with Crippen molar-refractivity contribution in [3.05, 3.63) is 50.1 Å². The highest BCUT2D eigenvalue weighted by Gasteiger charge is 2.16. The van der Waals surface area contributed by atoms with Gasteiger partial charge in [-0.3, -0.25) is 9.89 Å². The Bertz CT molecular complexity index is 1090. The van der Waals surface area contributed by atoms with Gasteiger partial charge < -0.3 is 0 Å². The lowest BCUT2D eigenvalue weighted by atomic mass is 10.2. The summed E-state index contributed by atoms with van der Waals surface area (Å²) in [6, 6.07) is 7.35. The largest absolute Gasteiger partial charge is 0.283 e. The molecular weight excluding hydrogens is 320 g/mol. The molecule has 0 bridgehead atoms. The maximum atomic E-state index is 12.7. The van der Waals surface area contributed by atoms with E-state index < -0.39 is 0 Å². The SMILES string of the molecule is Cc1sc2nc3nc(-c4ccccc4Cl)[nH]n3c(=O)c2c1C. The molecule has 0 aliphatic carbocycles. The standard InChI is InChI=1S/C15H11ClN4OS/c1-7-8(2)22-13-11(7)14(21)20-15(18-13)17-12(19-20)9-5-3-4-6-10(9)16/h3-6H,1-2H3,(H,17,18,19). The second-order valence-electron chi connectivity index (χ2n) is 5.07. The Morgan fingerprint density at radius 2 is 2.00 bits per heavy atom. The molecule has 4 rings (SSSR count). The fourth-order valence-corrected chi connectivity index (χ4v) is 3.70. The second-order valence-corrected chi connectivity index (χ2v) is 6.68. The maximum Gasteiger partial charge on any atom is 0.283 e. The molecule has 5 nitrogen and oxygen atoms in total. The van der Waals surface area contributed by atoms with Crippen molar-refractivity contribution in [3.8, 4) is 11.4 Å². The Morgan fingerprint density at radius 1 is 1.23 bits per heavy atom. The summed E-state index contributed by atoms with van der Waals surface area (Å²) in [5.41, 5.74) is 1.58. The summed E-state index contributed by atoms with van der Waals surface area (Å²) in [4.78, 5) is 23.4. The van der Waals surface area contributed by atoms with Crippen LogP contribution in [0.5, 0.6) is 0 Å². The van der Waals surface area contributed by atoms with Crippen LogP contribution in [-0.2, 0) is 0 Å². The quantitative estimate of drug-likeness (QED) is 0.580. The summed E-state index contributed by atoms with van der Waals surface area (Å²) < 4.78 is 1.38. The van der Waals surface area contributed by atoms with Crippen molar-refractivity contribution in [1.29, 1.82) is 0 Å². The van der Waals surface area contributed by atoms with Crippen LogP contribution in [0.3, 0.4) is 0 Å². The van der Waals surface area contributed by atoms with Gasteiger partial charge in [-0.2, -0.15) is 14.5 Å². The van der Waals surface area contributed by atoms with Crippen molar-refractivity contribution < 1.29 is 0 Å². The topological polar surface area (TPSA) is 63.1 Å². The van der Waals surface area contributed by atoms with E-state index in [-0.39, 0.29) is 5.56 Å². The van der Waals surface area contributed by atoms with E-state index in [0.29, 0.717) is 22.0 Å². The number of benzene rings is 1. The van der Waals surface area contributed by atoms with Gasteiger partial charge in [0.05, 0.1) is 10.4 Å². The molecule has 22 heavy (non-hydrogen) atoms. The molecule has 0 saturated carbocycles. The van der Waals surface area contributed by atoms with Gasteiger partial charge in [-0.05, 0) is 31.5 Å². The van der Waals surface area contributed by atoms with Gasteiger partial charge in [-0.1, -0.05) is 23.7 Å². The van der Waals surface area contributed by atoms with Crippen molar-refractivity contribution in [2.24, 2.45) is 0 Å². The number of halogens is 1. The number of nitrogens with one attached hydrogen (secondary N) is 1. The van der Waals surface area contributed by atoms with Gasteiger partial charge in [0.15, 0.2) is 5.82 Å². The van der Waals surface area contributed by atoms with Crippen molar-refractivity contribution in [3.63, 3.8) is 0 Å². The van der Waals surface area contributed by atoms with Crippen LogP contribution < -0.4 is 5.56 Å². The molecule has 0 atom stereocenters. The number of fused-ring (bicyclic) bond motifs is 2. The van der Waals surface area contributed by atoms with Gasteiger partial charge in [0.2, 0.25) is 0 Å². The first-order chi connectivity index (χ1) is 10.6. The average molecular weight is 331 g/mol. The molecule has 0 unspecified atom stereocenters. The zero-order valence-corrected chi connectivity index (χ0v) is 13.4. The number of hydrogen-bond acceptors (Lipinski definition) is 4. The Balaban J connectivity index is 2.07. The highest BCUT2D eigenvalue weighted by Crippen LogP contribution is 2.28. The molecule has 0 aliphatic heterocycles. The van der Waals surface area contributed by atoms with Crippen LogP contribution in [0.15, 0.2) is 29.1 Å². The molecule has 7 heteroatoms. The highest BCUT2D eigenvalue weighted by molar-refractivity contribution is 7.18. The summed E-state index contributed by atoms with van der Waals surface area (Å²) in [6.45, 7) is 3.93. The lowest BCUT2D eigenvalue weighted by Gasteiger charge is -1.97. The van der Waals surface area contributed by atoms with Crippen LogP contribution in [0.2, 0.25) is 5.02 Å². The van der Waals surface area contributed by atoms with Gasteiger partial charge in [-0.15, -0.1) is 11.3 Å². The predicted octanol–water partition coefficient (Wildman–Crippen LogP) is 3.57. The molecule has 0 saturated heterocycles. The lowest BCUT2D eigenvalue weighted by Crippen LogP contribution is -2.15. The third-order valence-corrected chi connectivity index (χ3v) is 5.17. The molecule has 110 valence electrons. The number of hydrogen-bond donors (Lipinski definition) is 1. The van der Waals surface area contributed by atoms with Crippen LogP contribution in [-0.4, -0.2) is 19.6 Å². The smallest absolute Gasteiger partial charge is 0.271 e. The van der Waals surface area contributed by atoms with Crippen molar-refractivity contribution in [1.82, 2.24) is 19.6 Å². The van der Waals surface area contributed by atoms with Crippen LogP contribution in [0, 0.1) is 13.8 Å². The third kappa shape index (κ3) is 1.81. The highest BCUT2D eigenvalue weighted by atomic mass is 35.5. The van der Waals surface area contributed by atoms with Gasteiger partial charge in [0.25, 0.3) is 11.3 Å². The fraction of sp³-hybridized carbons (Fsp3) is 0.133. The molecule has 3 heterocycles. The number of thiophene rings is 1. The van der Waals surface area contributed by atoms with Crippen molar-refractivity contribution >= 4 is 38.9 Å². The zero-order valence-electron chi connectivity index (χ0n) is 11.8. The minimum absolute atomic E-state index is 0.132. The van der Waals surface area contributed by atoms with Gasteiger partial charge in [0.1, 0.15) is 4.83 Å².